The molecule has 2 aromatic heterocycles. The topological polar surface area (TPSA) is 52.7 Å². The Morgan fingerprint density at radius 3 is 2.62 bits per heavy atom. The lowest BCUT2D eigenvalue weighted by Crippen LogP contribution is -2.21. The summed E-state index contributed by atoms with van der Waals surface area (Å²) in [7, 11) is 0. The van der Waals surface area contributed by atoms with Gasteiger partial charge < -0.3 is 0 Å². The van der Waals surface area contributed by atoms with Crippen LogP contribution >= 0.6 is 11.8 Å². The molecule has 5 nitrogen and oxygen atoms in total. The van der Waals surface area contributed by atoms with Gasteiger partial charge in [0.05, 0.1) is 11.9 Å². The van der Waals surface area contributed by atoms with E-state index in [0.29, 0.717) is 28.2 Å². The zero-order valence-electron chi connectivity index (χ0n) is 13.7. The van der Waals surface area contributed by atoms with Gasteiger partial charge in [-0.15, -0.1) is 11.8 Å². The average molecular weight is 366 g/mol. The maximum absolute atomic E-state index is 13.7. The van der Waals surface area contributed by atoms with Crippen LogP contribution in [0, 0.1) is 5.82 Å². The van der Waals surface area contributed by atoms with Gasteiger partial charge in [0, 0.05) is 17.2 Å². The zero-order valence-corrected chi connectivity index (χ0v) is 14.6. The van der Waals surface area contributed by atoms with E-state index in [0.717, 1.165) is 5.69 Å². The lowest BCUT2D eigenvalue weighted by molar-refractivity contribution is 0.601. The summed E-state index contributed by atoms with van der Waals surface area (Å²) in [5.41, 5.74) is 1.23. The lowest BCUT2D eigenvalue weighted by Gasteiger charge is -2.07. The standard InChI is InChI=1S/C19H15FN4OS/c20-16-8-4-5-9-17(16)26-11-10-23-13-21-18-15(19(23)25)12-22-24(18)14-6-2-1-3-7-14/h1-9,12-13H,10-11H2. The first-order valence-electron chi connectivity index (χ1n) is 8.10. The quantitative estimate of drug-likeness (QED) is 0.507. The van der Waals surface area contributed by atoms with Crippen molar-refractivity contribution in [1.29, 1.82) is 0 Å². The van der Waals surface area contributed by atoms with E-state index in [1.807, 2.05) is 30.3 Å². The van der Waals surface area contributed by atoms with Gasteiger partial charge in [0.25, 0.3) is 5.56 Å². The van der Waals surface area contributed by atoms with Gasteiger partial charge in [-0.3, -0.25) is 9.36 Å². The molecule has 0 aliphatic carbocycles. The van der Waals surface area contributed by atoms with Crippen molar-refractivity contribution in [2.24, 2.45) is 0 Å². The third-order valence-electron chi connectivity index (χ3n) is 3.98. The van der Waals surface area contributed by atoms with Gasteiger partial charge in [0.2, 0.25) is 0 Å². The maximum Gasteiger partial charge on any atom is 0.264 e. The molecule has 0 bridgehead atoms. The summed E-state index contributed by atoms with van der Waals surface area (Å²) in [6.45, 7) is 0.442. The van der Waals surface area contributed by atoms with Crippen LogP contribution in [0.5, 0.6) is 0 Å². The molecular formula is C19H15FN4OS. The predicted octanol–water partition coefficient (Wildman–Crippen LogP) is 3.51. The highest BCUT2D eigenvalue weighted by Gasteiger charge is 2.11. The second kappa shape index (κ2) is 7.13. The van der Waals surface area contributed by atoms with Crippen molar-refractivity contribution in [3.8, 4) is 5.69 Å². The first-order chi connectivity index (χ1) is 12.7. The van der Waals surface area contributed by atoms with Crippen LogP contribution in [0.25, 0.3) is 16.7 Å². The first-order valence-corrected chi connectivity index (χ1v) is 9.08. The number of benzene rings is 2. The normalized spacial score (nSPS) is 11.1. The molecule has 26 heavy (non-hydrogen) atoms. The summed E-state index contributed by atoms with van der Waals surface area (Å²) < 4.78 is 16.8. The van der Waals surface area contributed by atoms with Crippen LogP contribution in [-0.2, 0) is 6.54 Å². The Morgan fingerprint density at radius 1 is 1.04 bits per heavy atom. The van der Waals surface area contributed by atoms with Crippen molar-refractivity contribution in [3.63, 3.8) is 0 Å². The van der Waals surface area contributed by atoms with Gasteiger partial charge in [0.15, 0.2) is 5.65 Å². The first kappa shape index (κ1) is 16.5. The summed E-state index contributed by atoms with van der Waals surface area (Å²) in [4.78, 5) is 17.6. The highest BCUT2D eigenvalue weighted by atomic mass is 32.2. The summed E-state index contributed by atoms with van der Waals surface area (Å²) >= 11 is 1.37. The van der Waals surface area contributed by atoms with Gasteiger partial charge in [-0.05, 0) is 24.3 Å². The van der Waals surface area contributed by atoms with Crippen LogP contribution in [0.15, 0.2) is 76.8 Å². The molecule has 0 N–H and O–H groups in total. The summed E-state index contributed by atoms with van der Waals surface area (Å²) in [5.74, 6) is 0.323. The number of aryl methyl sites for hydroxylation is 1. The van der Waals surface area contributed by atoms with E-state index in [9.17, 15) is 9.18 Å². The van der Waals surface area contributed by atoms with E-state index < -0.39 is 0 Å². The Balaban J connectivity index is 1.57. The molecule has 0 fully saturated rings. The second-order valence-electron chi connectivity index (χ2n) is 5.65. The van der Waals surface area contributed by atoms with Crippen LogP contribution in [0.4, 0.5) is 4.39 Å². The molecule has 4 rings (SSSR count). The summed E-state index contributed by atoms with van der Waals surface area (Å²) in [6, 6.07) is 16.2. The molecule has 2 heterocycles. The van der Waals surface area contributed by atoms with E-state index in [1.54, 1.807) is 22.9 Å². The van der Waals surface area contributed by atoms with Gasteiger partial charge in [-0.2, -0.15) is 5.10 Å². The van der Waals surface area contributed by atoms with Crippen molar-refractivity contribution < 1.29 is 4.39 Å². The number of hydrogen-bond acceptors (Lipinski definition) is 4. The number of para-hydroxylation sites is 1. The summed E-state index contributed by atoms with van der Waals surface area (Å²) in [6.07, 6.45) is 3.06. The molecule has 4 aromatic rings. The Labute approximate surface area is 153 Å². The number of halogens is 1. The Hall–Kier alpha value is -2.93. The van der Waals surface area contributed by atoms with Crippen LogP contribution in [-0.4, -0.2) is 25.1 Å². The van der Waals surface area contributed by atoms with Gasteiger partial charge >= 0.3 is 0 Å². The highest BCUT2D eigenvalue weighted by molar-refractivity contribution is 7.99. The number of hydrogen-bond donors (Lipinski definition) is 0. The fourth-order valence-electron chi connectivity index (χ4n) is 2.68. The molecule has 130 valence electrons. The van der Waals surface area contributed by atoms with E-state index >= 15 is 0 Å². The minimum atomic E-state index is -0.248. The zero-order chi connectivity index (χ0) is 17.9. The number of fused-ring (bicyclic) bond motifs is 1. The number of thioether (sulfide) groups is 1. The van der Waals surface area contributed by atoms with E-state index in [2.05, 4.69) is 10.1 Å². The largest absolute Gasteiger partial charge is 0.298 e. The molecule has 7 heteroatoms. The minimum absolute atomic E-state index is 0.147. The van der Waals surface area contributed by atoms with Crippen LogP contribution in [0.1, 0.15) is 0 Å². The van der Waals surface area contributed by atoms with Crippen molar-refractivity contribution >= 4 is 22.8 Å². The fraction of sp³-hybridized carbons (Fsp3) is 0.105. The predicted molar refractivity (Wildman–Crippen MR) is 100 cm³/mol. The molecule has 2 aromatic carbocycles. The second-order valence-corrected chi connectivity index (χ2v) is 6.79. The average Bonchev–Trinajstić information content (AvgIpc) is 3.11. The molecule has 0 unspecified atom stereocenters. The van der Waals surface area contributed by atoms with E-state index in [-0.39, 0.29) is 11.4 Å². The lowest BCUT2D eigenvalue weighted by atomic mass is 10.3. The monoisotopic (exact) mass is 366 g/mol. The van der Waals surface area contributed by atoms with Crippen LogP contribution in [0.3, 0.4) is 0 Å². The Morgan fingerprint density at radius 2 is 1.81 bits per heavy atom. The molecule has 0 saturated carbocycles. The SMILES string of the molecule is O=c1c2cnn(-c3ccccc3)c2ncn1CCSc1ccccc1F. The van der Waals surface area contributed by atoms with Crippen molar-refractivity contribution in [2.45, 2.75) is 11.4 Å². The van der Waals surface area contributed by atoms with Crippen LogP contribution < -0.4 is 5.56 Å². The van der Waals surface area contributed by atoms with Gasteiger partial charge in [-0.1, -0.05) is 30.3 Å². The third-order valence-corrected chi connectivity index (χ3v) is 5.01. The maximum atomic E-state index is 13.7. The van der Waals surface area contributed by atoms with Crippen molar-refractivity contribution in [3.05, 3.63) is 83.3 Å². The van der Waals surface area contributed by atoms with E-state index in [1.165, 1.54) is 34.9 Å². The summed E-state index contributed by atoms with van der Waals surface area (Å²) in [5, 5.41) is 4.76. The number of nitrogens with zero attached hydrogens (tertiary/aromatic N) is 4. The molecule has 0 aliphatic rings. The number of rotatable bonds is 5. The molecule has 0 radical (unpaired) electrons. The molecule has 0 aliphatic heterocycles. The molecule has 0 spiro atoms. The molecular weight excluding hydrogens is 351 g/mol. The smallest absolute Gasteiger partial charge is 0.264 e. The fourth-order valence-corrected chi connectivity index (χ4v) is 3.57. The highest BCUT2D eigenvalue weighted by Crippen LogP contribution is 2.21. The Bertz CT molecular complexity index is 1110. The molecule has 0 amide bonds. The minimum Gasteiger partial charge on any atom is -0.298 e. The molecule has 0 saturated heterocycles. The van der Waals surface area contributed by atoms with E-state index in [4.69, 9.17) is 0 Å². The van der Waals surface area contributed by atoms with Crippen LogP contribution in [0.2, 0.25) is 0 Å². The van der Waals surface area contributed by atoms with Gasteiger partial charge in [-0.25, -0.2) is 14.1 Å². The number of aromatic nitrogens is 4. The molecule has 0 atom stereocenters. The Kier molecular flexibility index (Phi) is 4.53. The van der Waals surface area contributed by atoms with Crippen molar-refractivity contribution in [1.82, 2.24) is 19.3 Å². The van der Waals surface area contributed by atoms with Crippen molar-refractivity contribution in [2.75, 3.05) is 5.75 Å². The third kappa shape index (κ3) is 3.13. The van der Waals surface area contributed by atoms with Gasteiger partial charge in [0.1, 0.15) is 17.5 Å².